The summed E-state index contributed by atoms with van der Waals surface area (Å²) >= 11 is 10.1. The highest BCUT2D eigenvalue weighted by Gasteiger charge is 1.99. The molecule has 0 bridgehead atoms. The Kier molecular flexibility index (Phi) is 3.71. The molecule has 0 aliphatic rings. The normalized spacial score (nSPS) is 10.9. The number of para-hydroxylation sites is 1. The topological polar surface area (TPSA) is 32.6 Å². The Bertz CT molecular complexity index is 569. The van der Waals surface area contributed by atoms with Crippen molar-refractivity contribution in [3.63, 3.8) is 0 Å². The first-order valence-corrected chi connectivity index (χ1v) is 5.80. The molecule has 2 aromatic carbocycles. The Labute approximate surface area is 110 Å². The lowest BCUT2D eigenvalue weighted by Gasteiger charge is -2.00. The molecule has 1 N–H and O–H groups in total. The van der Waals surface area contributed by atoms with Crippen LogP contribution in [0.3, 0.4) is 0 Å². The summed E-state index contributed by atoms with van der Waals surface area (Å²) in [6.07, 6.45) is 1.57. The van der Waals surface area contributed by atoms with Gasteiger partial charge < -0.3 is 5.11 Å². The minimum atomic E-state index is 0.148. The average Bonchev–Trinajstić information content (AvgIpc) is 2.32. The molecule has 0 radical (unpaired) electrons. The number of nitrogens with zero attached hydrogens (tertiary/aromatic N) is 1. The molecule has 86 valence electrons. The second kappa shape index (κ2) is 5.25. The fourth-order valence-electron chi connectivity index (χ4n) is 1.34. The van der Waals surface area contributed by atoms with E-state index in [0.717, 1.165) is 10.6 Å². The number of aromatic hydroxyl groups is 1. The van der Waals surface area contributed by atoms with Gasteiger partial charge in [0.05, 0.1) is 5.69 Å². The van der Waals surface area contributed by atoms with Gasteiger partial charge in [0.25, 0.3) is 0 Å². The summed E-state index contributed by atoms with van der Waals surface area (Å²) in [5.74, 6) is 0.148. The Balaban J connectivity index is 2.32. The molecular formula is C13H10ClNOS. The lowest BCUT2D eigenvalue weighted by Crippen LogP contribution is -1.82. The van der Waals surface area contributed by atoms with Crippen molar-refractivity contribution in [1.82, 2.24) is 0 Å². The van der Waals surface area contributed by atoms with Crippen LogP contribution in [0.2, 0.25) is 5.02 Å². The maximum atomic E-state index is 9.61. The van der Waals surface area contributed by atoms with Crippen LogP contribution in [0, 0.1) is 0 Å². The van der Waals surface area contributed by atoms with Gasteiger partial charge in [-0.05, 0) is 30.3 Å². The summed E-state index contributed by atoms with van der Waals surface area (Å²) in [6, 6.07) is 12.3. The number of hydrogen-bond donors (Lipinski definition) is 2. The standard InChI is InChI=1S/C13H10ClNOS/c14-10-5-6-12(16)9(7-10)8-15-11-3-1-2-4-13(11)17/h1-8,16-17H. The molecule has 0 aliphatic carbocycles. The van der Waals surface area contributed by atoms with E-state index in [1.165, 1.54) is 6.07 Å². The van der Waals surface area contributed by atoms with E-state index in [-0.39, 0.29) is 5.75 Å². The zero-order chi connectivity index (χ0) is 12.3. The Morgan fingerprint density at radius 2 is 1.94 bits per heavy atom. The summed E-state index contributed by atoms with van der Waals surface area (Å²) in [4.78, 5) is 5.04. The van der Waals surface area contributed by atoms with E-state index in [4.69, 9.17) is 11.6 Å². The first kappa shape index (κ1) is 12.0. The molecule has 0 spiro atoms. The van der Waals surface area contributed by atoms with Crippen molar-refractivity contribution >= 4 is 36.1 Å². The number of halogens is 1. The Morgan fingerprint density at radius 1 is 1.18 bits per heavy atom. The molecule has 0 saturated carbocycles. The highest BCUT2D eigenvalue weighted by molar-refractivity contribution is 7.80. The first-order chi connectivity index (χ1) is 8.16. The third-order valence-corrected chi connectivity index (χ3v) is 2.83. The van der Waals surface area contributed by atoms with Crippen LogP contribution in [0.1, 0.15) is 5.56 Å². The summed E-state index contributed by atoms with van der Waals surface area (Å²) in [5, 5.41) is 10.2. The van der Waals surface area contributed by atoms with Crippen LogP contribution in [0.25, 0.3) is 0 Å². The molecule has 0 aliphatic heterocycles. The number of phenolic OH excluding ortho intramolecular Hbond substituents is 1. The molecule has 17 heavy (non-hydrogen) atoms. The quantitative estimate of drug-likeness (QED) is 0.621. The number of rotatable bonds is 2. The van der Waals surface area contributed by atoms with Crippen LogP contribution < -0.4 is 0 Å². The van der Waals surface area contributed by atoms with Crippen molar-refractivity contribution in [3.05, 3.63) is 53.1 Å². The lowest BCUT2D eigenvalue weighted by atomic mass is 10.2. The van der Waals surface area contributed by atoms with E-state index in [2.05, 4.69) is 17.6 Å². The minimum absolute atomic E-state index is 0.148. The predicted molar refractivity (Wildman–Crippen MR) is 74.1 cm³/mol. The van der Waals surface area contributed by atoms with Gasteiger partial charge in [-0.1, -0.05) is 23.7 Å². The molecule has 0 unspecified atom stereocenters. The third kappa shape index (κ3) is 3.02. The molecule has 0 atom stereocenters. The van der Waals surface area contributed by atoms with Crippen molar-refractivity contribution < 1.29 is 5.11 Å². The smallest absolute Gasteiger partial charge is 0.124 e. The highest BCUT2D eigenvalue weighted by Crippen LogP contribution is 2.24. The molecule has 4 heteroatoms. The highest BCUT2D eigenvalue weighted by atomic mass is 35.5. The molecule has 0 aromatic heterocycles. The SMILES string of the molecule is Oc1ccc(Cl)cc1C=Nc1ccccc1S. The second-order valence-electron chi connectivity index (χ2n) is 3.45. The largest absolute Gasteiger partial charge is 0.507 e. The number of phenols is 1. The van der Waals surface area contributed by atoms with E-state index in [1.54, 1.807) is 18.3 Å². The van der Waals surface area contributed by atoms with Gasteiger partial charge in [0.1, 0.15) is 5.75 Å². The van der Waals surface area contributed by atoms with Crippen molar-refractivity contribution in [1.29, 1.82) is 0 Å². The van der Waals surface area contributed by atoms with E-state index in [9.17, 15) is 5.11 Å². The summed E-state index contributed by atoms with van der Waals surface area (Å²) < 4.78 is 0. The second-order valence-corrected chi connectivity index (χ2v) is 4.37. The van der Waals surface area contributed by atoms with E-state index >= 15 is 0 Å². The molecule has 2 aromatic rings. The monoisotopic (exact) mass is 263 g/mol. The van der Waals surface area contributed by atoms with Gasteiger partial charge in [-0.25, -0.2) is 0 Å². The van der Waals surface area contributed by atoms with Crippen molar-refractivity contribution in [2.45, 2.75) is 4.90 Å². The third-order valence-electron chi connectivity index (χ3n) is 2.21. The molecule has 2 rings (SSSR count). The predicted octanol–water partition coefficient (Wildman–Crippen LogP) is 4.08. The van der Waals surface area contributed by atoms with Gasteiger partial charge in [-0.2, -0.15) is 0 Å². The fourth-order valence-corrected chi connectivity index (χ4v) is 1.74. The van der Waals surface area contributed by atoms with Crippen molar-refractivity contribution in [2.75, 3.05) is 0 Å². The minimum Gasteiger partial charge on any atom is -0.507 e. The fraction of sp³-hybridized carbons (Fsp3) is 0. The van der Waals surface area contributed by atoms with Gasteiger partial charge in [0.2, 0.25) is 0 Å². The summed E-state index contributed by atoms with van der Waals surface area (Å²) in [7, 11) is 0. The van der Waals surface area contributed by atoms with E-state index in [0.29, 0.717) is 10.6 Å². The molecular weight excluding hydrogens is 254 g/mol. The first-order valence-electron chi connectivity index (χ1n) is 4.97. The lowest BCUT2D eigenvalue weighted by molar-refractivity contribution is 0.474. The van der Waals surface area contributed by atoms with Gasteiger partial charge in [-0.3, -0.25) is 4.99 Å². The van der Waals surface area contributed by atoms with Crippen LogP contribution in [-0.2, 0) is 0 Å². The molecule has 2 nitrogen and oxygen atoms in total. The van der Waals surface area contributed by atoms with Crippen molar-refractivity contribution in [2.24, 2.45) is 4.99 Å². The van der Waals surface area contributed by atoms with Gasteiger partial charge in [0, 0.05) is 21.7 Å². The molecule has 0 fully saturated rings. The van der Waals surface area contributed by atoms with Gasteiger partial charge in [0.15, 0.2) is 0 Å². The molecule has 0 amide bonds. The summed E-state index contributed by atoms with van der Waals surface area (Å²) in [5.41, 5.74) is 1.32. The Hall–Kier alpha value is -1.45. The van der Waals surface area contributed by atoms with Crippen LogP contribution in [-0.4, -0.2) is 11.3 Å². The van der Waals surface area contributed by atoms with Crippen LogP contribution in [0.5, 0.6) is 5.75 Å². The Morgan fingerprint density at radius 3 is 2.71 bits per heavy atom. The van der Waals surface area contributed by atoms with Crippen molar-refractivity contribution in [3.8, 4) is 5.75 Å². The van der Waals surface area contributed by atoms with E-state index in [1.807, 2.05) is 24.3 Å². The average molecular weight is 264 g/mol. The van der Waals surface area contributed by atoms with Crippen LogP contribution >= 0.6 is 24.2 Å². The maximum Gasteiger partial charge on any atom is 0.124 e. The number of thiol groups is 1. The van der Waals surface area contributed by atoms with E-state index < -0.39 is 0 Å². The van der Waals surface area contributed by atoms with Crippen LogP contribution in [0.15, 0.2) is 52.4 Å². The zero-order valence-corrected chi connectivity index (χ0v) is 10.5. The van der Waals surface area contributed by atoms with Crippen LogP contribution in [0.4, 0.5) is 5.69 Å². The number of benzene rings is 2. The number of aliphatic imine (C=N–C) groups is 1. The molecule has 0 heterocycles. The summed E-state index contributed by atoms with van der Waals surface area (Å²) in [6.45, 7) is 0. The van der Waals surface area contributed by atoms with Gasteiger partial charge in [-0.15, -0.1) is 12.6 Å². The van der Waals surface area contributed by atoms with Gasteiger partial charge >= 0.3 is 0 Å². The maximum absolute atomic E-state index is 9.61. The zero-order valence-electron chi connectivity index (χ0n) is 8.84. The molecule has 0 saturated heterocycles. The number of hydrogen-bond acceptors (Lipinski definition) is 3.